The zero-order valence-electron chi connectivity index (χ0n) is 5.02. The van der Waals surface area contributed by atoms with Crippen molar-refractivity contribution in [3.8, 4) is 0 Å². The van der Waals surface area contributed by atoms with Gasteiger partial charge in [-0.1, -0.05) is 0 Å². The molecule has 0 aromatic carbocycles. The normalized spacial score (nSPS) is 6.00. The minimum atomic E-state index is -0.125. The monoisotopic (exact) mass is 88.0 g/mol. The first-order valence-electron chi connectivity index (χ1n) is 1.13. The van der Waals surface area contributed by atoms with Crippen molar-refractivity contribution in [3.63, 3.8) is 0 Å². The van der Waals surface area contributed by atoms with E-state index in [1.165, 1.54) is 0 Å². The van der Waals surface area contributed by atoms with Gasteiger partial charge >= 0.3 is 23.1 Å². The molecule has 0 saturated carbocycles. The summed E-state index contributed by atoms with van der Waals surface area (Å²) < 4.78 is 0. The van der Waals surface area contributed by atoms with Crippen molar-refractivity contribution in [2.45, 2.75) is 0 Å². The maximum Gasteiger partial charge on any atom is 2.00 e. The topological polar surface area (TPSA) is 40.5 Å². The minimum Gasteiger partial charge on any atom is -1.00 e. The molecule has 0 fully saturated rings. The first-order chi connectivity index (χ1) is 1.91. The largest absolute Gasteiger partial charge is 2.00 e. The quantitative estimate of drug-likeness (QED) is 0.396. The number of hydrogen-bond donors (Lipinski definition) is 2. The molecule has 0 bridgehead atoms. The van der Waals surface area contributed by atoms with Crippen LogP contribution < -0.4 is 0 Å². The van der Waals surface area contributed by atoms with Gasteiger partial charge in [-0.25, -0.2) is 0 Å². The van der Waals surface area contributed by atoms with Crippen LogP contribution in [0, 0.1) is 0 Å². The third kappa shape index (κ3) is 11.9. The van der Waals surface area contributed by atoms with Crippen LogP contribution in [0.15, 0.2) is 0 Å². The molecular formula is C2H8MgO2. The van der Waals surface area contributed by atoms with Crippen molar-refractivity contribution < 1.29 is 13.1 Å². The van der Waals surface area contributed by atoms with Gasteiger partial charge < -0.3 is 13.1 Å². The first kappa shape index (κ1) is 9.19. The average molecular weight is 88.4 g/mol. The molecule has 0 aromatic rings. The molecule has 3 heteroatoms. The van der Waals surface area contributed by atoms with E-state index in [0.29, 0.717) is 0 Å². The predicted molar refractivity (Wildman–Crippen MR) is 22.1 cm³/mol. The minimum absolute atomic E-state index is 0. The van der Waals surface area contributed by atoms with Crippen LogP contribution >= 0.6 is 0 Å². The summed E-state index contributed by atoms with van der Waals surface area (Å²) >= 11 is 0. The fraction of sp³-hybridized carbons (Fsp3) is 1.00. The molecule has 0 aliphatic carbocycles. The summed E-state index contributed by atoms with van der Waals surface area (Å²) in [6.45, 7) is -0.250. The zero-order chi connectivity index (χ0) is 3.41. The molecule has 0 heterocycles. The van der Waals surface area contributed by atoms with Gasteiger partial charge in [-0.2, -0.15) is 0 Å². The molecule has 2 nitrogen and oxygen atoms in total. The summed E-state index contributed by atoms with van der Waals surface area (Å²) in [5.41, 5.74) is 0. The summed E-state index contributed by atoms with van der Waals surface area (Å²) in [5.74, 6) is 0. The van der Waals surface area contributed by atoms with E-state index in [0.717, 1.165) is 0 Å². The molecular weight excluding hydrogens is 80.3 g/mol. The molecule has 0 saturated heterocycles. The Morgan fingerprint density at radius 1 is 1.20 bits per heavy atom. The van der Waals surface area contributed by atoms with E-state index >= 15 is 0 Å². The van der Waals surface area contributed by atoms with E-state index in [1.54, 1.807) is 0 Å². The van der Waals surface area contributed by atoms with Crippen molar-refractivity contribution in [1.29, 1.82) is 0 Å². The summed E-state index contributed by atoms with van der Waals surface area (Å²) in [7, 11) is 0. The summed E-state index contributed by atoms with van der Waals surface area (Å²) in [5, 5.41) is 15.2. The van der Waals surface area contributed by atoms with E-state index in [1.807, 2.05) is 0 Å². The number of aliphatic hydroxyl groups excluding tert-OH is 2. The number of aliphatic hydroxyl groups is 2. The Kier molecular flexibility index (Phi) is 16.2. The Hall–Kier alpha value is 0.686. The molecule has 0 amide bonds. The van der Waals surface area contributed by atoms with Crippen LogP contribution in [-0.2, 0) is 0 Å². The van der Waals surface area contributed by atoms with E-state index < -0.39 is 0 Å². The van der Waals surface area contributed by atoms with Gasteiger partial charge in [0.1, 0.15) is 0 Å². The first-order valence-corrected chi connectivity index (χ1v) is 1.13. The molecule has 0 aromatic heterocycles. The SMILES string of the molecule is OCCO.[H-].[H-].[Mg+2]. The molecule has 0 spiro atoms. The summed E-state index contributed by atoms with van der Waals surface area (Å²) in [6.07, 6.45) is 0. The van der Waals surface area contributed by atoms with Crippen LogP contribution in [0.25, 0.3) is 0 Å². The molecule has 30 valence electrons. The second-order valence-electron chi connectivity index (χ2n) is 0.447. The van der Waals surface area contributed by atoms with Gasteiger partial charge in [0.2, 0.25) is 0 Å². The number of rotatable bonds is 1. The van der Waals surface area contributed by atoms with Crippen molar-refractivity contribution in [2.24, 2.45) is 0 Å². The van der Waals surface area contributed by atoms with Crippen molar-refractivity contribution in [2.75, 3.05) is 13.2 Å². The van der Waals surface area contributed by atoms with Gasteiger partial charge in [0, 0.05) is 0 Å². The molecule has 0 rings (SSSR count). The Balaban J connectivity index is -0.0000000150. The Bertz CT molecular complexity index is 15.7. The average Bonchev–Trinajstić information content (AvgIpc) is 1.37. The third-order valence-corrected chi connectivity index (χ3v) is 0.1000. The van der Waals surface area contributed by atoms with Crippen LogP contribution in [0.3, 0.4) is 0 Å². The molecule has 5 heavy (non-hydrogen) atoms. The Labute approximate surface area is 49.9 Å². The standard InChI is InChI=1S/C2H6O2.Mg.2H/c3-1-2-4;;;/h3-4H,1-2H2;;;/q;+2;2*-1. The third-order valence-electron chi connectivity index (χ3n) is 0.1000. The van der Waals surface area contributed by atoms with Gasteiger partial charge in [0.15, 0.2) is 0 Å². The van der Waals surface area contributed by atoms with E-state index in [2.05, 4.69) is 0 Å². The van der Waals surface area contributed by atoms with Gasteiger partial charge in [-0.05, 0) is 0 Å². The fourth-order valence-corrected chi connectivity index (χ4v) is 0. The van der Waals surface area contributed by atoms with E-state index in [4.69, 9.17) is 10.2 Å². The second-order valence-corrected chi connectivity index (χ2v) is 0.447. The van der Waals surface area contributed by atoms with Crippen LogP contribution in [0.4, 0.5) is 0 Å². The van der Waals surface area contributed by atoms with Crippen molar-refractivity contribution in [1.82, 2.24) is 0 Å². The molecule has 0 aliphatic heterocycles. The molecule has 0 atom stereocenters. The van der Waals surface area contributed by atoms with E-state index in [9.17, 15) is 0 Å². The van der Waals surface area contributed by atoms with E-state index in [-0.39, 0.29) is 39.1 Å². The molecule has 0 radical (unpaired) electrons. The Morgan fingerprint density at radius 3 is 1.40 bits per heavy atom. The van der Waals surface area contributed by atoms with Gasteiger partial charge in [0.05, 0.1) is 13.2 Å². The molecule has 2 N–H and O–H groups in total. The van der Waals surface area contributed by atoms with Crippen LogP contribution in [0.1, 0.15) is 2.85 Å². The Morgan fingerprint density at radius 2 is 1.40 bits per heavy atom. The van der Waals surface area contributed by atoms with Gasteiger partial charge in [0.25, 0.3) is 0 Å². The van der Waals surface area contributed by atoms with Crippen molar-refractivity contribution in [3.05, 3.63) is 0 Å². The smallest absolute Gasteiger partial charge is 1.00 e. The summed E-state index contributed by atoms with van der Waals surface area (Å²) in [4.78, 5) is 0. The molecule has 0 aliphatic rings. The zero-order valence-corrected chi connectivity index (χ0v) is 4.43. The maximum atomic E-state index is 7.62. The second kappa shape index (κ2) is 8.82. The van der Waals surface area contributed by atoms with Crippen molar-refractivity contribution >= 4 is 23.1 Å². The van der Waals surface area contributed by atoms with Gasteiger partial charge in [-0.3, -0.25) is 0 Å². The summed E-state index contributed by atoms with van der Waals surface area (Å²) in [6, 6.07) is 0. The van der Waals surface area contributed by atoms with Crippen LogP contribution in [-0.4, -0.2) is 46.5 Å². The molecule has 0 unspecified atom stereocenters. The van der Waals surface area contributed by atoms with Crippen LogP contribution in [0.2, 0.25) is 0 Å². The van der Waals surface area contributed by atoms with Gasteiger partial charge in [-0.15, -0.1) is 0 Å². The number of hydrogen-bond acceptors (Lipinski definition) is 2. The predicted octanol–water partition coefficient (Wildman–Crippen LogP) is -1.18. The van der Waals surface area contributed by atoms with Crippen LogP contribution in [0.5, 0.6) is 0 Å². The fourth-order valence-electron chi connectivity index (χ4n) is 0. The maximum absolute atomic E-state index is 7.62.